The molecular weight excluding hydrogens is 430 g/mol. The lowest BCUT2D eigenvalue weighted by atomic mass is 9.52. The van der Waals surface area contributed by atoms with Gasteiger partial charge in [0.2, 0.25) is 5.95 Å². The Hall–Kier alpha value is -1.77. The lowest BCUT2D eigenvalue weighted by Gasteiger charge is -2.58. The molecule has 34 heavy (non-hydrogen) atoms. The average molecular weight is 470 g/mol. The van der Waals surface area contributed by atoms with Crippen molar-refractivity contribution in [2.75, 3.05) is 51.3 Å². The summed E-state index contributed by atoms with van der Waals surface area (Å²) in [6.07, 6.45) is 10.1. The first-order valence-corrected chi connectivity index (χ1v) is 13.4. The molecule has 2 unspecified atom stereocenters. The van der Waals surface area contributed by atoms with E-state index in [-0.39, 0.29) is 11.9 Å². The van der Waals surface area contributed by atoms with Crippen molar-refractivity contribution in [1.29, 1.82) is 0 Å². The SMILES string of the molecule is COCCN1CCN(c2ncc(C(=O)NC3C4CC5CC3CC(O)(C5)C4)c(C3CCC3)n2)CC1. The van der Waals surface area contributed by atoms with E-state index in [2.05, 4.69) is 20.1 Å². The normalized spacial score (nSPS) is 35.4. The van der Waals surface area contributed by atoms with E-state index in [1.807, 2.05) is 0 Å². The van der Waals surface area contributed by atoms with E-state index in [4.69, 9.17) is 9.72 Å². The molecule has 8 nitrogen and oxygen atoms in total. The Labute approximate surface area is 202 Å². The monoisotopic (exact) mass is 469 g/mol. The number of aliphatic hydroxyl groups is 1. The third kappa shape index (κ3) is 4.22. The number of nitrogens with one attached hydrogen (secondary N) is 1. The van der Waals surface area contributed by atoms with Crippen LogP contribution in [0.25, 0.3) is 0 Å². The molecular formula is C26H39N5O3. The van der Waals surface area contributed by atoms with Crippen LogP contribution in [0, 0.1) is 17.8 Å². The predicted molar refractivity (Wildman–Crippen MR) is 129 cm³/mol. The van der Waals surface area contributed by atoms with Crippen molar-refractivity contribution in [1.82, 2.24) is 20.2 Å². The Kier molecular flexibility index (Phi) is 6.02. The first kappa shape index (κ1) is 22.7. The number of methoxy groups -OCH3 is 1. The second-order valence-corrected chi connectivity index (χ2v) is 11.6. The maximum Gasteiger partial charge on any atom is 0.254 e. The van der Waals surface area contributed by atoms with Gasteiger partial charge in [-0.15, -0.1) is 0 Å². The molecule has 5 saturated carbocycles. The van der Waals surface area contributed by atoms with Crippen molar-refractivity contribution in [2.45, 2.75) is 68.9 Å². The van der Waals surface area contributed by atoms with E-state index in [1.165, 1.54) is 6.42 Å². The first-order valence-electron chi connectivity index (χ1n) is 13.4. The van der Waals surface area contributed by atoms with Crippen LogP contribution in [-0.4, -0.2) is 84.0 Å². The predicted octanol–water partition coefficient (Wildman–Crippen LogP) is 2.18. The Morgan fingerprint density at radius 2 is 1.91 bits per heavy atom. The molecule has 2 atom stereocenters. The number of rotatable bonds is 7. The van der Waals surface area contributed by atoms with E-state index in [0.717, 1.165) is 95.9 Å². The quantitative estimate of drug-likeness (QED) is 0.633. The van der Waals surface area contributed by atoms with Gasteiger partial charge in [-0.1, -0.05) is 6.42 Å². The molecule has 0 radical (unpaired) electrons. The average Bonchev–Trinajstić information content (AvgIpc) is 2.78. The van der Waals surface area contributed by atoms with Gasteiger partial charge in [0.15, 0.2) is 0 Å². The Morgan fingerprint density at radius 1 is 1.18 bits per heavy atom. The van der Waals surface area contributed by atoms with Crippen molar-refractivity contribution >= 4 is 11.9 Å². The number of aromatic nitrogens is 2. The van der Waals surface area contributed by atoms with E-state index < -0.39 is 5.60 Å². The summed E-state index contributed by atoms with van der Waals surface area (Å²) < 4.78 is 5.21. The van der Waals surface area contributed by atoms with Gasteiger partial charge in [-0.3, -0.25) is 9.69 Å². The van der Waals surface area contributed by atoms with Crippen LogP contribution >= 0.6 is 0 Å². The molecule has 4 bridgehead atoms. The molecule has 1 aromatic heterocycles. The summed E-state index contributed by atoms with van der Waals surface area (Å²) in [6.45, 7) is 5.47. The van der Waals surface area contributed by atoms with Crippen LogP contribution < -0.4 is 10.2 Å². The standard InChI is InChI=1S/C26H39N5O3/c1-34-10-9-30-5-7-31(8-6-30)25-27-16-21(23(29-25)18-3-2-4-18)24(32)28-22-19-11-17-12-20(22)15-26(33,13-17)14-19/h16-20,22,33H,2-15H2,1H3,(H,28,32). The summed E-state index contributed by atoms with van der Waals surface area (Å²) in [6, 6.07) is 0.179. The molecule has 1 aromatic rings. The Balaban J connectivity index is 1.16. The number of anilines is 1. The summed E-state index contributed by atoms with van der Waals surface area (Å²) in [5, 5.41) is 14.3. The molecule has 0 spiro atoms. The summed E-state index contributed by atoms with van der Waals surface area (Å²) in [5.41, 5.74) is 1.13. The molecule has 186 valence electrons. The number of ether oxygens (including phenoxy) is 1. The third-order valence-corrected chi connectivity index (χ3v) is 9.35. The molecule has 1 saturated heterocycles. The minimum atomic E-state index is -0.479. The summed E-state index contributed by atoms with van der Waals surface area (Å²) in [7, 11) is 1.75. The van der Waals surface area contributed by atoms with Gasteiger partial charge in [0.1, 0.15) is 0 Å². The highest BCUT2D eigenvalue weighted by Gasteiger charge is 2.55. The Morgan fingerprint density at radius 3 is 2.53 bits per heavy atom. The van der Waals surface area contributed by atoms with Crippen molar-refractivity contribution < 1.29 is 14.6 Å². The number of hydrogen-bond donors (Lipinski definition) is 2. The molecule has 6 fully saturated rings. The van der Waals surface area contributed by atoms with E-state index in [0.29, 0.717) is 29.2 Å². The van der Waals surface area contributed by atoms with Crippen LogP contribution in [0.3, 0.4) is 0 Å². The van der Waals surface area contributed by atoms with Gasteiger partial charge in [-0.05, 0) is 62.7 Å². The highest BCUT2D eigenvalue weighted by molar-refractivity contribution is 5.95. The maximum absolute atomic E-state index is 13.5. The zero-order valence-corrected chi connectivity index (χ0v) is 20.4. The molecule has 1 amide bonds. The highest BCUT2D eigenvalue weighted by Crippen LogP contribution is 2.55. The first-order chi connectivity index (χ1) is 16.5. The van der Waals surface area contributed by atoms with Gasteiger partial charge in [0.05, 0.1) is 23.5 Å². The lowest BCUT2D eigenvalue weighted by molar-refractivity contribution is -0.136. The zero-order chi connectivity index (χ0) is 23.3. The van der Waals surface area contributed by atoms with E-state index >= 15 is 0 Å². The molecule has 0 aromatic carbocycles. The summed E-state index contributed by atoms with van der Waals surface area (Å²) in [5.74, 6) is 2.57. The highest BCUT2D eigenvalue weighted by atomic mass is 16.5. The molecule has 7 rings (SSSR count). The van der Waals surface area contributed by atoms with Gasteiger partial charge in [-0.25, -0.2) is 9.97 Å². The fourth-order valence-electron chi connectivity index (χ4n) is 7.54. The van der Waals surface area contributed by atoms with E-state index in [1.54, 1.807) is 13.3 Å². The fraction of sp³-hybridized carbons (Fsp3) is 0.808. The summed E-state index contributed by atoms with van der Waals surface area (Å²) in [4.78, 5) is 27.9. The number of carbonyl (C=O) groups is 1. The van der Waals surface area contributed by atoms with Gasteiger partial charge in [0, 0.05) is 58.0 Å². The third-order valence-electron chi connectivity index (χ3n) is 9.35. The van der Waals surface area contributed by atoms with Gasteiger partial charge < -0.3 is 20.1 Å². The number of hydrogen-bond acceptors (Lipinski definition) is 7. The Bertz CT molecular complexity index is 898. The zero-order valence-electron chi connectivity index (χ0n) is 20.4. The smallest absolute Gasteiger partial charge is 0.254 e. The largest absolute Gasteiger partial charge is 0.390 e. The molecule has 6 aliphatic rings. The topological polar surface area (TPSA) is 90.8 Å². The molecule has 2 N–H and O–H groups in total. The number of carbonyl (C=O) groups excluding carboxylic acids is 1. The van der Waals surface area contributed by atoms with Crippen LogP contribution in [0.4, 0.5) is 5.95 Å². The number of nitrogens with zero attached hydrogens (tertiary/aromatic N) is 4. The van der Waals surface area contributed by atoms with Gasteiger partial charge >= 0.3 is 0 Å². The molecule has 8 heteroatoms. The van der Waals surface area contributed by atoms with Crippen molar-refractivity contribution in [3.05, 3.63) is 17.5 Å². The van der Waals surface area contributed by atoms with Crippen molar-refractivity contribution in [2.24, 2.45) is 17.8 Å². The van der Waals surface area contributed by atoms with Gasteiger partial charge in [-0.2, -0.15) is 0 Å². The van der Waals surface area contributed by atoms with Gasteiger partial charge in [0.25, 0.3) is 5.91 Å². The fourth-order valence-corrected chi connectivity index (χ4v) is 7.54. The van der Waals surface area contributed by atoms with E-state index in [9.17, 15) is 9.90 Å². The molecule has 1 aliphatic heterocycles. The summed E-state index contributed by atoms with van der Waals surface area (Å²) >= 11 is 0. The lowest BCUT2D eigenvalue weighted by Crippen LogP contribution is -2.61. The maximum atomic E-state index is 13.5. The van der Waals surface area contributed by atoms with Crippen LogP contribution in [0.15, 0.2) is 6.20 Å². The van der Waals surface area contributed by atoms with Crippen LogP contribution in [0.2, 0.25) is 0 Å². The molecule has 5 aliphatic carbocycles. The second-order valence-electron chi connectivity index (χ2n) is 11.6. The second kappa shape index (κ2) is 9.03. The van der Waals surface area contributed by atoms with Crippen molar-refractivity contribution in [3.63, 3.8) is 0 Å². The molecule has 2 heterocycles. The minimum Gasteiger partial charge on any atom is -0.390 e. The van der Waals surface area contributed by atoms with Crippen LogP contribution in [0.5, 0.6) is 0 Å². The minimum absolute atomic E-state index is 0.0118. The van der Waals surface area contributed by atoms with Crippen molar-refractivity contribution in [3.8, 4) is 0 Å². The number of piperazine rings is 1. The van der Waals surface area contributed by atoms with Crippen LogP contribution in [0.1, 0.15) is 73.3 Å². The van der Waals surface area contributed by atoms with Crippen LogP contribution in [-0.2, 0) is 4.74 Å². The number of amides is 1.